The van der Waals surface area contributed by atoms with Gasteiger partial charge in [-0.1, -0.05) is 0 Å². The predicted molar refractivity (Wildman–Crippen MR) is 61.3 cm³/mol. The number of nitrogens with zero attached hydrogens (tertiary/aromatic N) is 2. The number of aliphatic hydroxyl groups excluding tert-OH is 1. The van der Waals surface area contributed by atoms with Gasteiger partial charge < -0.3 is 15.0 Å². The highest BCUT2D eigenvalue weighted by Gasteiger charge is 2.27. The van der Waals surface area contributed by atoms with Gasteiger partial charge in [-0.2, -0.15) is 5.26 Å². The molecule has 1 atom stereocenters. The van der Waals surface area contributed by atoms with Crippen LogP contribution in [0.15, 0.2) is 12.3 Å². The fourth-order valence-corrected chi connectivity index (χ4v) is 2.19. The zero-order valence-corrected chi connectivity index (χ0v) is 9.52. The molecule has 0 aromatic carbocycles. The van der Waals surface area contributed by atoms with Crippen molar-refractivity contribution in [1.82, 2.24) is 9.88 Å². The van der Waals surface area contributed by atoms with Gasteiger partial charge in [0.2, 0.25) is 0 Å². The first-order valence-corrected chi connectivity index (χ1v) is 5.76. The van der Waals surface area contributed by atoms with E-state index in [4.69, 9.17) is 5.26 Å². The number of nitriles is 1. The predicted octanol–water partition coefficient (Wildman–Crippen LogP) is 0.873. The summed E-state index contributed by atoms with van der Waals surface area (Å²) in [5, 5.41) is 18.0. The third-order valence-corrected chi connectivity index (χ3v) is 3.14. The Morgan fingerprint density at radius 3 is 3.12 bits per heavy atom. The fourth-order valence-electron chi connectivity index (χ4n) is 2.19. The van der Waals surface area contributed by atoms with Gasteiger partial charge in [0.1, 0.15) is 11.8 Å². The van der Waals surface area contributed by atoms with Crippen molar-refractivity contribution >= 4 is 5.91 Å². The Kier molecular flexibility index (Phi) is 3.45. The molecule has 1 unspecified atom stereocenters. The number of aromatic nitrogens is 1. The lowest BCUT2D eigenvalue weighted by Gasteiger charge is -2.34. The summed E-state index contributed by atoms with van der Waals surface area (Å²) >= 11 is 0. The molecule has 1 aliphatic heterocycles. The summed E-state index contributed by atoms with van der Waals surface area (Å²) in [5.74, 6) is -0.134. The molecule has 0 radical (unpaired) electrons. The molecule has 2 N–H and O–H groups in total. The summed E-state index contributed by atoms with van der Waals surface area (Å²) < 4.78 is 0. The van der Waals surface area contributed by atoms with Gasteiger partial charge in [0.05, 0.1) is 18.2 Å². The summed E-state index contributed by atoms with van der Waals surface area (Å²) in [4.78, 5) is 16.7. The minimum absolute atomic E-state index is 0.00242. The maximum absolute atomic E-state index is 12.2. The van der Waals surface area contributed by atoms with Crippen molar-refractivity contribution in [3.8, 4) is 6.07 Å². The summed E-state index contributed by atoms with van der Waals surface area (Å²) in [6.07, 6.45) is 4.37. The normalized spacial score (nSPS) is 20.0. The lowest BCUT2D eigenvalue weighted by atomic mass is 10.0. The molecule has 1 aliphatic rings. The van der Waals surface area contributed by atoms with Crippen LogP contribution in [-0.2, 0) is 0 Å². The number of nitrogens with one attached hydrogen (secondary N) is 1. The van der Waals surface area contributed by atoms with Crippen molar-refractivity contribution in [2.24, 2.45) is 0 Å². The molecular weight excluding hydrogens is 218 g/mol. The van der Waals surface area contributed by atoms with E-state index in [2.05, 4.69) is 4.98 Å². The zero-order chi connectivity index (χ0) is 12.3. The van der Waals surface area contributed by atoms with Crippen LogP contribution in [0.2, 0.25) is 0 Å². The highest BCUT2D eigenvalue weighted by molar-refractivity contribution is 5.93. The lowest BCUT2D eigenvalue weighted by Crippen LogP contribution is -2.45. The van der Waals surface area contributed by atoms with Gasteiger partial charge in [-0.25, -0.2) is 0 Å². The summed E-state index contributed by atoms with van der Waals surface area (Å²) in [5.41, 5.74) is 0.868. The molecule has 1 aromatic heterocycles. The van der Waals surface area contributed by atoms with Crippen LogP contribution in [-0.4, -0.2) is 40.1 Å². The molecule has 2 heterocycles. The van der Waals surface area contributed by atoms with Crippen molar-refractivity contribution in [2.45, 2.75) is 25.3 Å². The summed E-state index contributed by atoms with van der Waals surface area (Å²) in [6.45, 7) is 0.669. The molecule has 17 heavy (non-hydrogen) atoms. The smallest absolute Gasteiger partial charge is 0.270 e. The number of likely N-dealkylation sites (tertiary alicyclic amines) is 1. The van der Waals surface area contributed by atoms with E-state index in [1.165, 1.54) is 6.20 Å². The second-order valence-corrected chi connectivity index (χ2v) is 4.24. The highest BCUT2D eigenvalue weighted by Crippen LogP contribution is 2.19. The first-order chi connectivity index (χ1) is 8.26. The standard InChI is InChI=1S/C12H15N3O2/c13-6-9-5-11(14-7-9)12(17)15-4-2-1-3-10(15)8-16/h5,7,10,14,16H,1-4,8H2. The van der Waals surface area contributed by atoms with Crippen LogP contribution < -0.4 is 0 Å². The van der Waals surface area contributed by atoms with E-state index >= 15 is 0 Å². The Labute approximate surface area is 99.7 Å². The van der Waals surface area contributed by atoms with Gasteiger partial charge in [-0.15, -0.1) is 0 Å². The lowest BCUT2D eigenvalue weighted by molar-refractivity contribution is 0.0498. The molecular formula is C12H15N3O2. The molecule has 2 rings (SSSR count). The van der Waals surface area contributed by atoms with E-state index in [9.17, 15) is 9.90 Å². The van der Waals surface area contributed by atoms with Crippen LogP contribution in [0.3, 0.4) is 0 Å². The average Bonchev–Trinajstić information content (AvgIpc) is 2.86. The number of H-pyrrole nitrogens is 1. The van der Waals surface area contributed by atoms with Crippen molar-refractivity contribution in [3.05, 3.63) is 23.5 Å². The van der Waals surface area contributed by atoms with Gasteiger partial charge in [0.25, 0.3) is 5.91 Å². The van der Waals surface area contributed by atoms with Crippen LogP contribution in [0.4, 0.5) is 0 Å². The van der Waals surface area contributed by atoms with Gasteiger partial charge >= 0.3 is 0 Å². The number of piperidine rings is 1. The van der Waals surface area contributed by atoms with E-state index in [-0.39, 0.29) is 18.6 Å². The fraction of sp³-hybridized carbons (Fsp3) is 0.500. The Morgan fingerprint density at radius 1 is 1.65 bits per heavy atom. The van der Waals surface area contributed by atoms with E-state index in [0.717, 1.165) is 19.3 Å². The molecule has 5 heteroatoms. The molecule has 0 spiro atoms. The van der Waals surface area contributed by atoms with E-state index in [0.29, 0.717) is 17.8 Å². The molecule has 1 aromatic rings. The zero-order valence-electron chi connectivity index (χ0n) is 9.52. The van der Waals surface area contributed by atoms with Crippen molar-refractivity contribution in [3.63, 3.8) is 0 Å². The molecule has 0 aliphatic carbocycles. The second kappa shape index (κ2) is 5.02. The number of aliphatic hydroxyl groups is 1. The molecule has 1 saturated heterocycles. The maximum Gasteiger partial charge on any atom is 0.270 e. The number of rotatable bonds is 2. The monoisotopic (exact) mass is 233 g/mol. The molecule has 90 valence electrons. The van der Waals surface area contributed by atoms with Gasteiger partial charge in [0, 0.05) is 12.7 Å². The topological polar surface area (TPSA) is 80.1 Å². The highest BCUT2D eigenvalue weighted by atomic mass is 16.3. The van der Waals surface area contributed by atoms with Crippen molar-refractivity contribution in [1.29, 1.82) is 5.26 Å². The SMILES string of the molecule is N#Cc1c[nH]c(C(=O)N2CCCCC2CO)c1. The number of amides is 1. The summed E-state index contributed by atoms with van der Waals surface area (Å²) in [6, 6.07) is 3.43. The van der Waals surface area contributed by atoms with Crippen LogP contribution in [0, 0.1) is 11.3 Å². The first kappa shape index (κ1) is 11.7. The molecule has 5 nitrogen and oxygen atoms in total. The number of carbonyl (C=O) groups excluding carboxylic acids is 1. The number of carbonyl (C=O) groups is 1. The third kappa shape index (κ3) is 2.32. The Morgan fingerprint density at radius 2 is 2.47 bits per heavy atom. The van der Waals surface area contributed by atoms with Crippen LogP contribution in [0.5, 0.6) is 0 Å². The Balaban J connectivity index is 2.15. The maximum atomic E-state index is 12.2. The van der Waals surface area contributed by atoms with Crippen LogP contribution >= 0.6 is 0 Å². The first-order valence-electron chi connectivity index (χ1n) is 5.76. The number of hydrogen-bond acceptors (Lipinski definition) is 3. The largest absolute Gasteiger partial charge is 0.394 e. The third-order valence-electron chi connectivity index (χ3n) is 3.14. The molecule has 1 amide bonds. The van der Waals surface area contributed by atoms with Crippen LogP contribution in [0.1, 0.15) is 35.3 Å². The van der Waals surface area contributed by atoms with Gasteiger partial charge in [-0.05, 0) is 25.3 Å². The quantitative estimate of drug-likeness (QED) is 0.795. The van der Waals surface area contributed by atoms with Crippen molar-refractivity contribution < 1.29 is 9.90 Å². The Bertz CT molecular complexity index is 447. The van der Waals surface area contributed by atoms with Crippen LogP contribution in [0.25, 0.3) is 0 Å². The molecule has 1 fully saturated rings. The van der Waals surface area contributed by atoms with Gasteiger partial charge in [-0.3, -0.25) is 4.79 Å². The van der Waals surface area contributed by atoms with E-state index in [1.54, 1.807) is 11.0 Å². The molecule has 0 saturated carbocycles. The minimum Gasteiger partial charge on any atom is -0.394 e. The summed E-state index contributed by atoms with van der Waals surface area (Å²) in [7, 11) is 0. The van der Waals surface area contributed by atoms with Gasteiger partial charge in [0.15, 0.2) is 0 Å². The van der Waals surface area contributed by atoms with E-state index in [1.807, 2.05) is 6.07 Å². The number of aromatic amines is 1. The van der Waals surface area contributed by atoms with Crippen molar-refractivity contribution in [2.75, 3.05) is 13.2 Å². The number of hydrogen-bond donors (Lipinski definition) is 2. The van der Waals surface area contributed by atoms with E-state index < -0.39 is 0 Å². The molecule has 0 bridgehead atoms. The second-order valence-electron chi connectivity index (χ2n) is 4.24. The minimum atomic E-state index is -0.134. The average molecular weight is 233 g/mol. The Hall–Kier alpha value is -1.80.